The van der Waals surface area contributed by atoms with E-state index in [1.807, 2.05) is 18.9 Å². The summed E-state index contributed by atoms with van der Waals surface area (Å²) in [5.74, 6) is 1.25. The fraction of sp³-hybridized carbons (Fsp3) is 0.842. The molecule has 26 heavy (non-hydrogen) atoms. The molecule has 1 aliphatic heterocycles. The van der Waals surface area contributed by atoms with Gasteiger partial charge in [0, 0.05) is 32.2 Å². The van der Waals surface area contributed by atoms with E-state index in [1.54, 1.807) is 11.8 Å². The van der Waals surface area contributed by atoms with Gasteiger partial charge < -0.3 is 9.80 Å². The third-order valence-corrected chi connectivity index (χ3v) is 7.09. The van der Waals surface area contributed by atoms with Crippen LogP contribution in [0.4, 0.5) is 5.95 Å². The Morgan fingerprint density at radius 2 is 1.77 bits per heavy atom. The van der Waals surface area contributed by atoms with Gasteiger partial charge in [-0.3, -0.25) is 9.36 Å². The molecule has 2 saturated carbocycles. The summed E-state index contributed by atoms with van der Waals surface area (Å²) in [6.45, 7) is 4.18. The summed E-state index contributed by atoms with van der Waals surface area (Å²) in [5.41, 5.74) is 0. The highest BCUT2D eigenvalue weighted by Crippen LogP contribution is 2.42. The van der Waals surface area contributed by atoms with Gasteiger partial charge in [-0.15, -0.1) is 10.2 Å². The van der Waals surface area contributed by atoms with E-state index in [-0.39, 0.29) is 11.2 Å². The molecule has 3 aliphatic rings. The van der Waals surface area contributed by atoms with Gasteiger partial charge in [-0.2, -0.15) is 0 Å². The number of amides is 1. The minimum absolute atomic E-state index is 0.116. The first kappa shape index (κ1) is 18.1. The lowest BCUT2D eigenvalue weighted by molar-refractivity contribution is -0.131. The van der Waals surface area contributed by atoms with Crippen LogP contribution in [0.2, 0.25) is 0 Å². The molecule has 1 aromatic heterocycles. The van der Waals surface area contributed by atoms with Crippen molar-refractivity contribution in [2.45, 2.75) is 87.2 Å². The van der Waals surface area contributed by atoms with E-state index in [0.717, 1.165) is 37.0 Å². The number of anilines is 1. The van der Waals surface area contributed by atoms with Crippen LogP contribution in [-0.2, 0) is 4.79 Å². The molecular formula is C19H31N5OS. The summed E-state index contributed by atoms with van der Waals surface area (Å²) >= 11 is 1.59. The van der Waals surface area contributed by atoms with Crippen LogP contribution in [-0.4, -0.2) is 57.0 Å². The van der Waals surface area contributed by atoms with Gasteiger partial charge in [0.1, 0.15) is 0 Å². The third kappa shape index (κ3) is 3.73. The molecule has 0 N–H and O–H groups in total. The molecule has 1 aromatic rings. The summed E-state index contributed by atoms with van der Waals surface area (Å²) in [7, 11) is 1.98. The van der Waals surface area contributed by atoms with Gasteiger partial charge in [0.15, 0.2) is 5.16 Å². The van der Waals surface area contributed by atoms with E-state index in [4.69, 9.17) is 0 Å². The van der Waals surface area contributed by atoms with Gasteiger partial charge in [0.25, 0.3) is 0 Å². The van der Waals surface area contributed by atoms with Crippen molar-refractivity contribution in [1.29, 1.82) is 0 Å². The Kier molecular flexibility index (Phi) is 5.43. The monoisotopic (exact) mass is 377 g/mol. The molecule has 0 bridgehead atoms. The lowest BCUT2D eigenvalue weighted by Gasteiger charge is -2.32. The Morgan fingerprint density at radius 3 is 2.42 bits per heavy atom. The Hall–Kier alpha value is -1.24. The molecule has 144 valence electrons. The summed E-state index contributed by atoms with van der Waals surface area (Å²) in [6.07, 6.45) is 11.0. The van der Waals surface area contributed by atoms with Crippen LogP contribution >= 0.6 is 11.8 Å². The van der Waals surface area contributed by atoms with Gasteiger partial charge in [-0.1, -0.05) is 31.0 Å². The molecule has 0 aromatic carbocycles. The van der Waals surface area contributed by atoms with Crippen LogP contribution < -0.4 is 4.90 Å². The Labute approximate surface area is 160 Å². The maximum Gasteiger partial charge on any atom is 0.235 e. The second-order valence-electron chi connectivity index (χ2n) is 8.08. The topological polar surface area (TPSA) is 54.3 Å². The van der Waals surface area contributed by atoms with E-state index in [9.17, 15) is 4.79 Å². The van der Waals surface area contributed by atoms with Crippen molar-refractivity contribution >= 4 is 23.6 Å². The number of carbonyl (C=O) groups excluding carboxylic acids is 1. The number of thioether (sulfide) groups is 1. The van der Waals surface area contributed by atoms with Crippen molar-refractivity contribution in [3.05, 3.63) is 0 Å². The highest BCUT2D eigenvalue weighted by atomic mass is 32.2. The lowest BCUT2D eigenvalue weighted by atomic mass is 9.94. The molecule has 1 atom stereocenters. The SMILES string of the molecule is CC(Sc1nnc(N2CCCC2)n1C1CC1)C(=O)N(C)C1CCCCC1. The van der Waals surface area contributed by atoms with Crippen LogP contribution in [0.25, 0.3) is 0 Å². The zero-order valence-corrected chi connectivity index (χ0v) is 16.9. The normalized spacial score (nSPS) is 22.6. The minimum atomic E-state index is -0.116. The number of rotatable bonds is 6. The number of carbonyl (C=O) groups is 1. The first-order chi connectivity index (χ1) is 12.6. The maximum absolute atomic E-state index is 12.9. The van der Waals surface area contributed by atoms with Crippen LogP contribution in [0, 0.1) is 0 Å². The number of hydrogen-bond acceptors (Lipinski definition) is 5. The predicted octanol–water partition coefficient (Wildman–Crippen LogP) is 3.48. The van der Waals surface area contributed by atoms with Crippen LogP contribution in [0.15, 0.2) is 5.16 Å². The molecule has 2 aliphatic carbocycles. The van der Waals surface area contributed by atoms with E-state index in [1.165, 1.54) is 44.9 Å². The van der Waals surface area contributed by atoms with E-state index >= 15 is 0 Å². The second kappa shape index (κ2) is 7.79. The van der Waals surface area contributed by atoms with Gasteiger partial charge in [0.2, 0.25) is 11.9 Å². The zero-order chi connectivity index (χ0) is 18.1. The van der Waals surface area contributed by atoms with E-state index in [2.05, 4.69) is 19.7 Å². The number of hydrogen-bond donors (Lipinski definition) is 0. The van der Waals surface area contributed by atoms with Crippen LogP contribution in [0.3, 0.4) is 0 Å². The van der Waals surface area contributed by atoms with Gasteiger partial charge in [-0.05, 0) is 45.4 Å². The average Bonchev–Trinajstić information content (AvgIpc) is 3.19. The number of nitrogens with zero attached hydrogens (tertiary/aromatic N) is 5. The van der Waals surface area contributed by atoms with E-state index in [0.29, 0.717) is 12.1 Å². The molecule has 0 radical (unpaired) electrons. The van der Waals surface area contributed by atoms with Crippen molar-refractivity contribution in [3.8, 4) is 0 Å². The summed E-state index contributed by atoms with van der Waals surface area (Å²) < 4.78 is 2.31. The molecular weight excluding hydrogens is 346 g/mol. The lowest BCUT2D eigenvalue weighted by Crippen LogP contribution is -2.42. The van der Waals surface area contributed by atoms with Crippen molar-refractivity contribution < 1.29 is 4.79 Å². The molecule has 6 nitrogen and oxygen atoms in total. The van der Waals surface area contributed by atoms with Crippen molar-refractivity contribution in [1.82, 2.24) is 19.7 Å². The van der Waals surface area contributed by atoms with Gasteiger partial charge in [0.05, 0.1) is 5.25 Å². The quantitative estimate of drug-likeness (QED) is 0.711. The molecule has 3 fully saturated rings. The largest absolute Gasteiger partial charge is 0.342 e. The Balaban J connectivity index is 1.45. The third-order valence-electron chi connectivity index (χ3n) is 6.05. The molecule has 4 rings (SSSR count). The molecule has 1 saturated heterocycles. The predicted molar refractivity (Wildman–Crippen MR) is 105 cm³/mol. The van der Waals surface area contributed by atoms with Crippen molar-refractivity contribution in [3.63, 3.8) is 0 Å². The van der Waals surface area contributed by atoms with Gasteiger partial charge in [-0.25, -0.2) is 0 Å². The summed E-state index contributed by atoms with van der Waals surface area (Å²) in [6, 6.07) is 0.947. The first-order valence-corrected chi connectivity index (χ1v) is 11.2. The van der Waals surface area contributed by atoms with Crippen LogP contribution in [0.1, 0.15) is 70.8 Å². The molecule has 0 spiro atoms. The number of aromatic nitrogens is 3. The Bertz CT molecular complexity index is 632. The standard InChI is InChI=1S/C19H31N5OS/c1-14(17(25)22(2)15-8-4-3-5-9-15)26-19-21-20-18(23-12-6-7-13-23)24(19)16-10-11-16/h14-16H,3-13H2,1-2H3. The molecule has 1 unspecified atom stereocenters. The first-order valence-electron chi connectivity index (χ1n) is 10.3. The second-order valence-corrected chi connectivity index (χ2v) is 9.39. The average molecular weight is 378 g/mol. The highest BCUT2D eigenvalue weighted by molar-refractivity contribution is 8.00. The molecule has 7 heteroatoms. The fourth-order valence-electron chi connectivity index (χ4n) is 4.28. The maximum atomic E-state index is 12.9. The van der Waals surface area contributed by atoms with Crippen molar-refractivity contribution in [2.75, 3.05) is 25.0 Å². The minimum Gasteiger partial charge on any atom is -0.342 e. The van der Waals surface area contributed by atoms with Crippen LogP contribution in [0.5, 0.6) is 0 Å². The summed E-state index contributed by atoms with van der Waals surface area (Å²) in [4.78, 5) is 17.3. The zero-order valence-electron chi connectivity index (χ0n) is 16.1. The molecule has 2 heterocycles. The highest BCUT2D eigenvalue weighted by Gasteiger charge is 2.34. The fourth-order valence-corrected chi connectivity index (χ4v) is 5.29. The van der Waals surface area contributed by atoms with E-state index < -0.39 is 0 Å². The Morgan fingerprint density at radius 1 is 1.08 bits per heavy atom. The van der Waals surface area contributed by atoms with Gasteiger partial charge >= 0.3 is 0 Å². The summed E-state index contributed by atoms with van der Waals surface area (Å²) in [5, 5.41) is 9.79. The smallest absolute Gasteiger partial charge is 0.235 e. The van der Waals surface area contributed by atoms with Crippen molar-refractivity contribution in [2.24, 2.45) is 0 Å². The molecule has 1 amide bonds.